The first-order chi connectivity index (χ1) is 9.16. The number of pyridine rings is 1. The predicted octanol–water partition coefficient (Wildman–Crippen LogP) is 2.47. The van der Waals surface area contributed by atoms with E-state index in [-0.39, 0.29) is 17.9 Å². The Bertz CT molecular complexity index is 473. The van der Waals surface area contributed by atoms with Gasteiger partial charge in [-0.2, -0.15) is 4.39 Å². The second-order valence-corrected chi connectivity index (χ2v) is 5.34. The van der Waals surface area contributed by atoms with Gasteiger partial charge in [-0.25, -0.2) is 10.0 Å². The highest BCUT2D eigenvalue weighted by molar-refractivity contribution is 5.78. The first-order valence-electron chi connectivity index (χ1n) is 6.74. The fourth-order valence-corrected chi connectivity index (χ4v) is 2.57. The minimum absolute atomic E-state index is 0.00834. The maximum absolute atomic E-state index is 12.8. The highest BCUT2D eigenvalue weighted by Gasteiger charge is 2.40. The summed E-state index contributed by atoms with van der Waals surface area (Å²) in [5.41, 5.74) is 0.829. The van der Waals surface area contributed by atoms with Crippen molar-refractivity contribution >= 4 is 5.91 Å². The number of hydroxylamine groups is 2. The van der Waals surface area contributed by atoms with Gasteiger partial charge in [0.05, 0.1) is 12.6 Å². The Balaban J connectivity index is 1.77. The van der Waals surface area contributed by atoms with Crippen molar-refractivity contribution in [2.24, 2.45) is 11.8 Å². The van der Waals surface area contributed by atoms with E-state index in [1.807, 2.05) is 6.92 Å². The maximum atomic E-state index is 12.8. The van der Waals surface area contributed by atoms with Crippen LogP contribution in [0.3, 0.4) is 0 Å². The molecule has 3 rings (SSSR count). The lowest BCUT2D eigenvalue weighted by atomic mass is 10.0. The number of hydrogen-bond donors (Lipinski definition) is 0. The highest BCUT2D eigenvalue weighted by Crippen LogP contribution is 2.40. The van der Waals surface area contributed by atoms with E-state index in [9.17, 15) is 9.18 Å². The fraction of sp³-hybridized carbons (Fsp3) is 0.571. The van der Waals surface area contributed by atoms with Crippen molar-refractivity contribution in [3.05, 3.63) is 29.8 Å². The van der Waals surface area contributed by atoms with Crippen LogP contribution in [0.4, 0.5) is 4.39 Å². The largest absolute Gasteiger partial charge is 0.272 e. The van der Waals surface area contributed by atoms with Gasteiger partial charge in [0.1, 0.15) is 0 Å². The molecule has 0 N–H and O–H groups in total. The Morgan fingerprint density at radius 2 is 2.26 bits per heavy atom. The zero-order chi connectivity index (χ0) is 13.4. The molecule has 0 bridgehead atoms. The van der Waals surface area contributed by atoms with Gasteiger partial charge in [-0.1, -0.05) is 13.0 Å². The molecule has 2 heterocycles. The zero-order valence-corrected chi connectivity index (χ0v) is 10.9. The first kappa shape index (κ1) is 12.5. The monoisotopic (exact) mass is 264 g/mol. The number of aromatic nitrogens is 1. The molecular formula is C14H17FN2O2. The Hall–Kier alpha value is -1.49. The van der Waals surface area contributed by atoms with E-state index in [1.54, 1.807) is 6.07 Å². The third-order valence-electron chi connectivity index (χ3n) is 3.98. The molecule has 1 amide bonds. The molecule has 2 aliphatic rings. The third kappa shape index (κ3) is 2.47. The molecule has 0 aromatic carbocycles. The molecule has 1 saturated carbocycles. The third-order valence-corrected chi connectivity index (χ3v) is 3.98. The zero-order valence-electron chi connectivity index (χ0n) is 10.9. The van der Waals surface area contributed by atoms with Crippen LogP contribution in [-0.2, 0) is 9.63 Å². The van der Waals surface area contributed by atoms with Gasteiger partial charge in [0.25, 0.3) is 0 Å². The minimum Gasteiger partial charge on any atom is -0.272 e. The molecule has 102 valence electrons. The Morgan fingerprint density at radius 1 is 1.47 bits per heavy atom. The maximum Gasteiger partial charge on any atom is 0.249 e. The standard InChI is InChI=1S/C14H17FN2O2/c1-9(10-2-3-10)14(18)17-12(6-7-19-17)11-4-5-13(15)16-8-11/h4-5,8-10,12H,2-3,6-7H2,1H3/t9-,12-/m0/s1. The summed E-state index contributed by atoms with van der Waals surface area (Å²) in [7, 11) is 0. The predicted molar refractivity (Wildman–Crippen MR) is 66.2 cm³/mol. The first-order valence-corrected chi connectivity index (χ1v) is 6.74. The topological polar surface area (TPSA) is 42.4 Å². The van der Waals surface area contributed by atoms with Crippen molar-refractivity contribution in [2.45, 2.75) is 32.2 Å². The van der Waals surface area contributed by atoms with Gasteiger partial charge in [-0.15, -0.1) is 0 Å². The number of carbonyl (C=O) groups excluding carboxylic acids is 1. The highest BCUT2D eigenvalue weighted by atomic mass is 19.1. The molecule has 4 nitrogen and oxygen atoms in total. The lowest BCUT2D eigenvalue weighted by Gasteiger charge is -2.25. The molecule has 1 aromatic heterocycles. The number of halogens is 1. The van der Waals surface area contributed by atoms with Crippen LogP contribution in [0.15, 0.2) is 18.3 Å². The van der Waals surface area contributed by atoms with Crippen LogP contribution in [0.1, 0.15) is 37.8 Å². The van der Waals surface area contributed by atoms with E-state index in [0.29, 0.717) is 12.5 Å². The molecule has 0 spiro atoms. The molecule has 1 aliphatic heterocycles. The van der Waals surface area contributed by atoms with Crippen LogP contribution in [0.5, 0.6) is 0 Å². The summed E-state index contributed by atoms with van der Waals surface area (Å²) in [6.45, 7) is 2.48. The molecule has 5 heteroatoms. The number of nitrogens with zero attached hydrogens (tertiary/aromatic N) is 2. The number of rotatable bonds is 3. The summed E-state index contributed by atoms with van der Waals surface area (Å²) >= 11 is 0. The van der Waals surface area contributed by atoms with Crippen molar-refractivity contribution in [3.63, 3.8) is 0 Å². The summed E-state index contributed by atoms with van der Waals surface area (Å²) in [5.74, 6) is 0.0407. The van der Waals surface area contributed by atoms with Crippen LogP contribution in [0, 0.1) is 17.8 Å². The van der Waals surface area contributed by atoms with Crippen molar-refractivity contribution in [3.8, 4) is 0 Å². The van der Waals surface area contributed by atoms with Crippen molar-refractivity contribution < 1.29 is 14.0 Å². The van der Waals surface area contributed by atoms with Crippen LogP contribution < -0.4 is 0 Å². The van der Waals surface area contributed by atoms with E-state index in [2.05, 4.69) is 4.98 Å². The van der Waals surface area contributed by atoms with Crippen LogP contribution in [0.2, 0.25) is 0 Å². The van der Waals surface area contributed by atoms with Gasteiger partial charge in [0.15, 0.2) is 0 Å². The van der Waals surface area contributed by atoms with E-state index in [1.165, 1.54) is 17.3 Å². The fourth-order valence-electron chi connectivity index (χ4n) is 2.57. The lowest BCUT2D eigenvalue weighted by molar-refractivity contribution is -0.182. The Labute approximate surface area is 111 Å². The quantitative estimate of drug-likeness (QED) is 0.788. The SMILES string of the molecule is C[C@H](C(=O)N1OCC[C@H]1c1ccc(F)nc1)C1CC1. The Morgan fingerprint density at radius 3 is 2.89 bits per heavy atom. The summed E-state index contributed by atoms with van der Waals surface area (Å²) in [6.07, 6.45) is 4.47. The van der Waals surface area contributed by atoms with Crippen LogP contribution in [0.25, 0.3) is 0 Å². The summed E-state index contributed by atoms with van der Waals surface area (Å²) in [5, 5.41) is 1.47. The smallest absolute Gasteiger partial charge is 0.249 e. The van der Waals surface area contributed by atoms with E-state index in [0.717, 1.165) is 24.8 Å². The number of amides is 1. The van der Waals surface area contributed by atoms with Gasteiger partial charge < -0.3 is 0 Å². The molecule has 1 saturated heterocycles. The average molecular weight is 264 g/mol. The minimum atomic E-state index is -0.508. The van der Waals surface area contributed by atoms with Crippen LogP contribution in [-0.4, -0.2) is 22.6 Å². The lowest BCUT2D eigenvalue weighted by Crippen LogP contribution is -2.34. The second kappa shape index (κ2) is 4.89. The molecule has 1 aromatic rings. The van der Waals surface area contributed by atoms with Crippen LogP contribution >= 0.6 is 0 Å². The van der Waals surface area contributed by atoms with Crippen molar-refractivity contribution in [1.82, 2.24) is 10.0 Å². The van der Waals surface area contributed by atoms with Gasteiger partial charge >= 0.3 is 0 Å². The molecular weight excluding hydrogens is 247 g/mol. The van der Waals surface area contributed by atoms with E-state index < -0.39 is 5.95 Å². The average Bonchev–Trinajstić information content (AvgIpc) is 3.16. The van der Waals surface area contributed by atoms with Gasteiger partial charge in [-0.05, 0) is 30.4 Å². The van der Waals surface area contributed by atoms with Gasteiger partial charge in [0, 0.05) is 18.5 Å². The second-order valence-electron chi connectivity index (χ2n) is 5.34. The molecule has 0 radical (unpaired) electrons. The molecule has 2 atom stereocenters. The summed E-state index contributed by atoms with van der Waals surface area (Å²) in [4.78, 5) is 21.5. The van der Waals surface area contributed by atoms with E-state index >= 15 is 0 Å². The van der Waals surface area contributed by atoms with Gasteiger partial charge in [0.2, 0.25) is 11.9 Å². The Kier molecular flexibility index (Phi) is 3.22. The van der Waals surface area contributed by atoms with E-state index in [4.69, 9.17) is 4.84 Å². The normalized spacial score (nSPS) is 24.5. The molecule has 2 fully saturated rings. The molecule has 1 aliphatic carbocycles. The molecule has 0 unspecified atom stereocenters. The summed E-state index contributed by atoms with van der Waals surface area (Å²) < 4.78 is 12.8. The molecule has 19 heavy (non-hydrogen) atoms. The van der Waals surface area contributed by atoms with Crippen molar-refractivity contribution in [2.75, 3.05) is 6.61 Å². The number of carbonyl (C=O) groups is 1. The number of hydrogen-bond acceptors (Lipinski definition) is 3. The van der Waals surface area contributed by atoms with Gasteiger partial charge in [-0.3, -0.25) is 9.63 Å². The summed E-state index contributed by atoms with van der Waals surface area (Å²) in [6, 6.07) is 2.85. The van der Waals surface area contributed by atoms with Crippen molar-refractivity contribution in [1.29, 1.82) is 0 Å².